The van der Waals surface area contributed by atoms with Crippen molar-refractivity contribution in [2.45, 2.75) is 33.1 Å². The van der Waals surface area contributed by atoms with Crippen molar-refractivity contribution in [2.24, 2.45) is 5.92 Å². The molecule has 1 atom stereocenters. The van der Waals surface area contributed by atoms with Gasteiger partial charge >= 0.3 is 5.97 Å². The van der Waals surface area contributed by atoms with Crippen LogP contribution in [0.15, 0.2) is 18.2 Å². The topological polar surface area (TPSA) is 65.1 Å². The fourth-order valence-corrected chi connectivity index (χ4v) is 3.36. The number of rotatable bonds is 8. The summed E-state index contributed by atoms with van der Waals surface area (Å²) in [6.07, 6.45) is 5.57. The number of likely N-dealkylation sites (tertiary alicyclic amines) is 1. The van der Waals surface area contributed by atoms with E-state index in [2.05, 4.69) is 0 Å². The summed E-state index contributed by atoms with van der Waals surface area (Å²) in [5.74, 6) is 0.394. The van der Waals surface area contributed by atoms with Gasteiger partial charge in [0.05, 0.1) is 31.3 Å². The van der Waals surface area contributed by atoms with Crippen molar-refractivity contribution in [1.29, 1.82) is 0 Å². The zero-order chi connectivity index (χ0) is 20.5. The number of carbonyl (C=O) groups is 2. The van der Waals surface area contributed by atoms with Gasteiger partial charge in [0.15, 0.2) is 11.5 Å². The molecule has 0 aliphatic carbocycles. The molecule has 1 fully saturated rings. The summed E-state index contributed by atoms with van der Waals surface area (Å²) in [4.78, 5) is 26.2. The molecule has 1 aliphatic heterocycles. The molecule has 2 rings (SSSR count). The van der Waals surface area contributed by atoms with Gasteiger partial charge < -0.3 is 19.1 Å². The molecular weight excluding hydrogens is 382 g/mol. The number of methoxy groups -OCH3 is 1. The van der Waals surface area contributed by atoms with Crippen molar-refractivity contribution in [3.05, 3.63) is 28.8 Å². The van der Waals surface area contributed by atoms with Gasteiger partial charge in [-0.1, -0.05) is 18.5 Å². The van der Waals surface area contributed by atoms with Crippen LogP contribution in [0.25, 0.3) is 6.08 Å². The minimum Gasteiger partial charge on any atom is -0.493 e. The van der Waals surface area contributed by atoms with Crippen LogP contribution in [0, 0.1) is 5.92 Å². The van der Waals surface area contributed by atoms with Crippen LogP contribution in [-0.2, 0) is 14.3 Å². The van der Waals surface area contributed by atoms with Crippen LogP contribution in [0.1, 0.15) is 38.7 Å². The van der Waals surface area contributed by atoms with Crippen LogP contribution < -0.4 is 9.47 Å². The number of amides is 1. The molecule has 7 heteroatoms. The van der Waals surface area contributed by atoms with E-state index >= 15 is 0 Å². The van der Waals surface area contributed by atoms with Crippen LogP contribution in [0.3, 0.4) is 0 Å². The summed E-state index contributed by atoms with van der Waals surface area (Å²) >= 11 is 6.31. The number of benzene rings is 1. The molecule has 0 radical (unpaired) electrons. The lowest BCUT2D eigenvalue weighted by Crippen LogP contribution is -2.42. The first kappa shape index (κ1) is 22.1. The predicted octanol–water partition coefficient (Wildman–Crippen LogP) is 3.95. The number of halogens is 1. The Morgan fingerprint density at radius 2 is 2.11 bits per heavy atom. The molecule has 28 heavy (non-hydrogen) atoms. The Bertz CT molecular complexity index is 719. The van der Waals surface area contributed by atoms with Crippen LogP contribution in [0.2, 0.25) is 5.02 Å². The van der Waals surface area contributed by atoms with Gasteiger partial charge in [-0.15, -0.1) is 0 Å². The van der Waals surface area contributed by atoms with Gasteiger partial charge in [-0.2, -0.15) is 0 Å². The number of nitrogens with zero attached hydrogens (tertiary/aromatic N) is 1. The molecule has 0 bridgehead atoms. The van der Waals surface area contributed by atoms with E-state index in [0.29, 0.717) is 42.8 Å². The number of piperidine rings is 1. The Balaban J connectivity index is 2.07. The predicted molar refractivity (Wildman–Crippen MR) is 109 cm³/mol. The summed E-state index contributed by atoms with van der Waals surface area (Å²) in [5.41, 5.74) is 0.734. The van der Waals surface area contributed by atoms with Crippen molar-refractivity contribution in [1.82, 2.24) is 4.90 Å². The first-order valence-corrected chi connectivity index (χ1v) is 10.0. The van der Waals surface area contributed by atoms with E-state index < -0.39 is 0 Å². The molecule has 0 spiro atoms. The number of hydrogen-bond acceptors (Lipinski definition) is 5. The van der Waals surface area contributed by atoms with Crippen molar-refractivity contribution in [3.63, 3.8) is 0 Å². The molecular formula is C21H28ClNO5. The Kier molecular flexibility index (Phi) is 8.64. The van der Waals surface area contributed by atoms with Crippen molar-refractivity contribution >= 4 is 29.6 Å². The molecule has 0 aromatic heterocycles. The molecule has 1 aromatic carbocycles. The van der Waals surface area contributed by atoms with Crippen molar-refractivity contribution < 1.29 is 23.8 Å². The number of hydrogen-bond donors (Lipinski definition) is 0. The smallest absolute Gasteiger partial charge is 0.310 e. The summed E-state index contributed by atoms with van der Waals surface area (Å²) in [6, 6.07) is 3.51. The minimum atomic E-state index is -0.254. The Morgan fingerprint density at radius 1 is 1.32 bits per heavy atom. The summed E-state index contributed by atoms with van der Waals surface area (Å²) < 4.78 is 16.1. The van der Waals surface area contributed by atoms with E-state index in [1.165, 1.54) is 6.08 Å². The molecule has 1 unspecified atom stereocenters. The Hall–Kier alpha value is -2.21. The maximum absolute atomic E-state index is 12.5. The first-order valence-electron chi connectivity index (χ1n) is 9.64. The van der Waals surface area contributed by atoms with Crippen LogP contribution in [0.4, 0.5) is 0 Å². The van der Waals surface area contributed by atoms with E-state index in [4.69, 9.17) is 25.8 Å². The second-order valence-electron chi connectivity index (χ2n) is 6.59. The molecule has 1 aliphatic rings. The summed E-state index contributed by atoms with van der Waals surface area (Å²) in [6.45, 7) is 5.70. The van der Waals surface area contributed by atoms with Gasteiger partial charge in [0.1, 0.15) is 0 Å². The van der Waals surface area contributed by atoms with Gasteiger partial charge in [0.25, 0.3) is 0 Å². The lowest BCUT2D eigenvalue weighted by atomic mass is 9.98. The highest BCUT2D eigenvalue weighted by atomic mass is 35.5. The van der Waals surface area contributed by atoms with E-state index in [0.717, 1.165) is 24.8 Å². The van der Waals surface area contributed by atoms with Gasteiger partial charge in [-0.25, -0.2) is 0 Å². The fourth-order valence-electron chi connectivity index (χ4n) is 3.08. The highest BCUT2D eigenvalue weighted by Crippen LogP contribution is 2.37. The van der Waals surface area contributed by atoms with Crippen molar-refractivity contribution in [2.75, 3.05) is 33.4 Å². The molecule has 1 saturated heterocycles. The van der Waals surface area contributed by atoms with Gasteiger partial charge in [-0.05, 0) is 50.0 Å². The molecule has 1 heterocycles. The standard InChI is InChI=1S/C21H28ClNO5/c1-4-11-28-20-17(22)12-15(13-18(20)26-3)8-9-19(24)23-10-6-7-16(14-23)21(25)27-5-2/h8-9,12-13,16H,4-7,10-11,14H2,1-3H3/b9-8+. The van der Waals surface area contributed by atoms with Crippen molar-refractivity contribution in [3.8, 4) is 11.5 Å². The summed E-state index contributed by atoms with van der Waals surface area (Å²) in [5, 5.41) is 0.431. The molecule has 6 nitrogen and oxygen atoms in total. The SMILES string of the molecule is CCCOc1c(Cl)cc(/C=C/C(=O)N2CCCC(C(=O)OCC)C2)cc1OC. The molecule has 154 valence electrons. The lowest BCUT2D eigenvalue weighted by Gasteiger charge is -2.30. The second-order valence-corrected chi connectivity index (χ2v) is 7.00. The number of esters is 1. The van der Waals surface area contributed by atoms with Crippen LogP contribution in [0.5, 0.6) is 11.5 Å². The highest BCUT2D eigenvalue weighted by Gasteiger charge is 2.28. The maximum atomic E-state index is 12.5. The monoisotopic (exact) mass is 409 g/mol. The van der Waals surface area contributed by atoms with Gasteiger partial charge in [-0.3, -0.25) is 9.59 Å². The Morgan fingerprint density at radius 3 is 2.79 bits per heavy atom. The Labute approximate surface area is 171 Å². The van der Waals surface area contributed by atoms with E-state index in [1.54, 1.807) is 37.1 Å². The minimum absolute atomic E-state index is 0.143. The molecule has 0 N–H and O–H groups in total. The fraction of sp³-hybridized carbons (Fsp3) is 0.524. The third-order valence-electron chi connectivity index (χ3n) is 4.47. The maximum Gasteiger partial charge on any atom is 0.310 e. The van der Waals surface area contributed by atoms with E-state index in [-0.39, 0.29) is 17.8 Å². The summed E-state index contributed by atoms with van der Waals surface area (Å²) in [7, 11) is 1.55. The highest BCUT2D eigenvalue weighted by molar-refractivity contribution is 6.32. The quantitative estimate of drug-likeness (QED) is 0.480. The van der Waals surface area contributed by atoms with E-state index in [9.17, 15) is 9.59 Å². The van der Waals surface area contributed by atoms with Crippen LogP contribution >= 0.6 is 11.6 Å². The third kappa shape index (κ3) is 5.89. The third-order valence-corrected chi connectivity index (χ3v) is 4.75. The average molecular weight is 410 g/mol. The van der Waals surface area contributed by atoms with Gasteiger partial charge in [0.2, 0.25) is 5.91 Å². The largest absolute Gasteiger partial charge is 0.493 e. The van der Waals surface area contributed by atoms with Gasteiger partial charge in [0, 0.05) is 19.2 Å². The van der Waals surface area contributed by atoms with E-state index in [1.807, 2.05) is 6.92 Å². The molecule has 1 aromatic rings. The molecule has 1 amide bonds. The number of carbonyl (C=O) groups excluding carboxylic acids is 2. The average Bonchev–Trinajstić information content (AvgIpc) is 2.71. The zero-order valence-electron chi connectivity index (χ0n) is 16.7. The zero-order valence-corrected chi connectivity index (χ0v) is 17.5. The second kappa shape index (κ2) is 11.0. The normalized spacial score (nSPS) is 16.9. The lowest BCUT2D eigenvalue weighted by molar-refractivity contribution is -0.150. The first-order chi connectivity index (χ1) is 13.5. The van der Waals surface area contributed by atoms with Crippen LogP contribution in [-0.4, -0.2) is 50.2 Å². The molecule has 0 saturated carbocycles. The number of ether oxygens (including phenoxy) is 3.